The van der Waals surface area contributed by atoms with E-state index in [1.165, 1.54) is 18.2 Å². The number of aryl methyl sites for hydroxylation is 1. The lowest BCUT2D eigenvalue weighted by Crippen LogP contribution is -2.39. The van der Waals surface area contributed by atoms with Gasteiger partial charge in [0.05, 0.1) is 14.2 Å². The number of carbonyl (C=O) groups is 1. The lowest BCUT2D eigenvalue weighted by Gasteiger charge is -2.25. The number of hydrogen-bond donors (Lipinski definition) is 0. The molecule has 104 valence electrons. The summed E-state index contributed by atoms with van der Waals surface area (Å²) in [6.07, 6.45) is 2.07. The number of carbonyl (C=O) groups excluding carboxylic acids is 1. The molecule has 0 fully saturated rings. The maximum atomic E-state index is 11.7. The summed E-state index contributed by atoms with van der Waals surface area (Å²) >= 11 is 0. The first kappa shape index (κ1) is 13.9. The van der Waals surface area contributed by atoms with Gasteiger partial charge in [-0.1, -0.05) is 6.07 Å². The number of ether oxygens (including phenoxy) is 2. The fraction of sp³-hybridized carbons (Fsp3) is 0.533. The summed E-state index contributed by atoms with van der Waals surface area (Å²) in [5, 5.41) is 0. The Morgan fingerprint density at radius 1 is 1.32 bits per heavy atom. The van der Waals surface area contributed by atoms with Crippen LogP contribution in [0.15, 0.2) is 18.2 Å². The molecule has 0 saturated carbocycles. The van der Waals surface area contributed by atoms with Crippen molar-refractivity contribution in [3.8, 4) is 5.75 Å². The smallest absolute Gasteiger partial charge is 0.322 e. The zero-order valence-electron chi connectivity index (χ0n) is 11.8. The van der Waals surface area contributed by atoms with Crippen molar-refractivity contribution in [2.45, 2.75) is 32.4 Å². The van der Waals surface area contributed by atoms with Gasteiger partial charge >= 0.3 is 5.97 Å². The van der Waals surface area contributed by atoms with Crippen molar-refractivity contribution in [3.63, 3.8) is 0 Å². The van der Waals surface area contributed by atoms with E-state index in [-0.39, 0.29) is 12.0 Å². The first-order chi connectivity index (χ1) is 9.15. The summed E-state index contributed by atoms with van der Waals surface area (Å²) in [4.78, 5) is 13.8. The van der Waals surface area contributed by atoms with Gasteiger partial charge in [-0.25, -0.2) is 0 Å². The Bertz CT molecular complexity index is 459. The second kappa shape index (κ2) is 6.06. The molecule has 1 heterocycles. The lowest BCUT2D eigenvalue weighted by atomic mass is 10.0. The molecular formula is C15H21NO3. The minimum absolute atomic E-state index is 0.169. The molecule has 2 rings (SSSR count). The number of methoxy groups -OCH3 is 2. The number of fused-ring (bicyclic) bond motifs is 1. The van der Waals surface area contributed by atoms with Crippen LogP contribution in [0.1, 0.15) is 24.5 Å². The van der Waals surface area contributed by atoms with Gasteiger partial charge < -0.3 is 9.47 Å². The molecule has 4 heteroatoms. The molecule has 0 spiro atoms. The molecule has 1 aliphatic rings. The number of rotatable bonds is 3. The predicted octanol–water partition coefficient (Wildman–Crippen LogP) is 2.00. The van der Waals surface area contributed by atoms with Gasteiger partial charge in [0.25, 0.3) is 0 Å². The molecule has 0 amide bonds. The van der Waals surface area contributed by atoms with Gasteiger partial charge in [-0.2, -0.15) is 0 Å². The molecule has 0 aliphatic carbocycles. The number of benzene rings is 1. The standard InChI is InChI=1S/C15H21NO3/c1-11(15(17)19-3)16-8-4-5-12-9-14(18-2)7-6-13(12)10-16/h6-7,9,11H,4-5,8,10H2,1-3H3/t11-/m1/s1. The number of esters is 1. The van der Waals surface area contributed by atoms with Crippen molar-refractivity contribution in [3.05, 3.63) is 29.3 Å². The Hall–Kier alpha value is -1.55. The second-order valence-electron chi connectivity index (χ2n) is 4.91. The summed E-state index contributed by atoms with van der Waals surface area (Å²) < 4.78 is 10.1. The third kappa shape index (κ3) is 3.07. The maximum Gasteiger partial charge on any atom is 0.322 e. The molecule has 1 atom stereocenters. The highest BCUT2D eigenvalue weighted by atomic mass is 16.5. The van der Waals surface area contributed by atoms with Crippen LogP contribution in [-0.4, -0.2) is 37.7 Å². The van der Waals surface area contributed by atoms with Gasteiger partial charge in [-0.05, 0) is 49.6 Å². The number of hydrogen-bond acceptors (Lipinski definition) is 4. The predicted molar refractivity (Wildman–Crippen MR) is 73.2 cm³/mol. The SMILES string of the molecule is COC(=O)[C@@H](C)N1CCCc2cc(OC)ccc2C1. The van der Waals surface area contributed by atoms with Gasteiger partial charge in [0.15, 0.2) is 0 Å². The second-order valence-corrected chi connectivity index (χ2v) is 4.91. The first-order valence-electron chi connectivity index (χ1n) is 6.63. The molecular weight excluding hydrogens is 242 g/mol. The molecule has 1 aromatic carbocycles. The van der Waals surface area contributed by atoms with E-state index in [1.807, 2.05) is 13.0 Å². The molecule has 19 heavy (non-hydrogen) atoms. The normalized spacial score (nSPS) is 17.2. The highest BCUT2D eigenvalue weighted by Gasteiger charge is 2.24. The van der Waals surface area contributed by atoms with E-state index in [9.17, 15) is 4.79 Å². The van der Waals surface area contributed by atoms with E-state index in [4.69, 9.17) is 9.47 Å². The van der Waals surface area contributed by atoms with Crippen LogP contribution in [0.4, 0.5) is 0 Å². The van der Waals surface area contributed by atoms with Crippen LogP contribution < -0.4 is 4.74 Å². The van der Waals surface area contributed by atoms with Crippen LogP contribution in [0.3, 0.4) is 0 Å². The van der Waals surface area contributed by atoms with Crippen molar-refractivity contribution in [1.29, 1.82) is 0 Å². The first-order valence-corrected chi connectivity index (χ1v) is 6.63. The molecule has 4 nitrogen and oxygen atoms in total. The van der Waals surface area contributed by atoms with Crippen LogP contribution in [0.5, 0.6) is 5.75 Å². The molecule has 0 aromatic heterocycles. The minimum atomic E-state index is -0.196. The highest BCUT2D eigenvalue weighted by molar-refractivity contribution is 5.75. The fourth-order valence-electron chi connectivity index (χ4n) is 2.54. The van der Waals surface area contributed by atoms with Crippen LogP contribution >= 0.6 is 0 Å². The summed E-state index contributed by atoms with van der Waals surface area (Å²) in [5.41, 5.74) is 2.59. The molecule has 0 saturated heterocycles. The van der Waals surface area contributed by atoms with E-state index < -0.39 is 0 Å². The minimum Gasteiger partial charge on any atom is -0.497 e. The third-order valence-electron chi connectivity index (χ3n) is 3.77. The fourth-order valence-corrected chi connectivity index (χ4v) is 2.54. The average molecular weight is 263 g/mol. The van der Waals surface area contributed by atoms with Crippen molar-refractivity contribution < 1.29 is 14.3 Å². The van der Waals surface area contributed by atoms with E-state index in [0.717, 1.165) is 31.7 Å². The largest absolute Gasteiger partial charge is 0.497 e. The molecule has 1 aliphatic heterocycles. The summed E-state index contributed by atoms with van der Waals surface area (Å²) in [7, 11) is 3.12. The van der Waals surface area contributed by atoms with Crippen molar-refractivity contribution >= 4 is 5.97 Å². The Kier molecular flexibility index (Phi) is 4.43. The summed E-state index contributed by atoms with van der Waals surface area (Å²) in [6, 6.07) is 5.97. The third-order valence-corrected chi connectivity index (χ3v) is 3.77. The van der Waals surface area contributed by atoms with E-state index >= 15 is 0 Å². The monoisotopic (exact) mass is 263 g/mol. The van der Waals surface area contributed by atoms with E-state index in [2.05, 4.69) is 17.0 Å². The molecule has 1 aromatic rings. The molecule has 0 bridgehead atoms. The van der Waals surface area contributed by atoms with E-state index in [1.54, 1.807) is 7.11 Å². The van der Waals surface area contributed by atoms with Crippen LogP contribution in [0.2, 0.25) is 0 Å². The Labute approximate surface area is 114 Å². The Morgan fingerprint density at radius 2 is 2.11 bits per heavy atom. The average Bonchev–Trinajstić information content (AvgIpc) is 2.66. The lowest BCUT2D eigenvalue weighted by molar-refractivity contribution is -0.146. The van der Waals surface area contributed by atoms with Gasteiger partial charge in [0.1, 0.15) is 11.8 Å². The van der Waals surface area contributed by atoms with Gasteiger partial charge in [-0.15, -0.1) is 0 Å². The maximum absolute atomic E-state index is 11.7. The van der Waals surface area contributed by atoms with Crippen molar-refractivity contribution in [2.24, 2.45) is 0 Å². The summed E-state index contributed by atoms with van der Waals surface area (Å²) in [6.45, 7) is 3.60. The van der Waals surface area contributed by atoms with Crippen molar-refractivity contribution in [2.75, 3.05) is 20.8 Å². The number of nitrogens with zero attached hydrogens (tertiary/aromatic N) is 1. The van der Waals surface area contributed by atoms with Gasteiger partial charge in [-0.3, -0.25) is 9.69 Å². The summed E-state index contributed by atoms with van der Waals surface area (Å²) in [5.74, 6) is 0.727. The van der Waals surface area contributed by atoms with Crippen molar-refractivity contribution in [1.82, 2.24) is 4.90 Å². The zero-order valence-corrected chi connectivity index (χ0v) is 11.8. The van der Waals surface area contributed by atoms with E-state index in [0.29, 0.717) is 0 Å². The molecule has 0 radical (unpaired) electrons. The topological polar surface area (TPSA) is 38.8 Å². The highest BCUT2D eigenvalue weighted by Crippen LogP contribution is 2.24. The van der Waals surface area contributed by atoms with Gasteiger partial charge in [0, 0.05) is 6.54 Å². The van der Waals surface area contributed by atoms with Gasteiger partial charge in [0.2, 0.25) is 0 Å². The van der Waals surface area contributed by atoms with Crippen LogP contribution in [0, 0.1) is 0 Å². The zero-order chi connectivity index (χ0) is 13.8. The molecule has 0 unspecified atom stereocenters. The molecule has 0 N–H and O–H groups in total. The quantitative estimate of drug-likeness (QED) is 0.782. The van der Waals surface area contributed by atoms with Crippen LogP contribution in [-0.2, 0) is 22.5 Å². The Morgan fingerprint density at radius 3 is 2.79 bits per heavy atom. The Balaban J connectivity index is 2.18. The van der Waals surface area contributed by atoms with Crippen LogP contribution in [0.25, 0.3) is 0 Å².